The average Bonchev–Trinajstić information content (AvgIpc) is 2.94. The number of nitrogens with one attached hydrogen (secondary N) is 1. The summed E-state index contributed by atoms with van der Waals surface area (Å²) >= 11 is 6.24. The molecule has 0 saturated heterocycles. The number of nitrogens with zero attached hydrogens (tertiary/aromatic N) is 1. The van der Waals surface area contributed by atoms with Crippen LogP contribution in [0.5, 0.6) is 5.75 Å². The standard InChI is InChI=1S/C22H23ClN2O3/c1-14(24-19-11-13-28-20-17(19)9-4-10-18(20)23)6-5-12-25-21(26)15-7-2-3-8-16(15)22(25)27/h2-4,7-10,14,19,24H,5-6,11-13H2,1H3/t14-,19+/m1/s1. The van der Waals surface area contributed by atoms with Gasteiger partial charge >= 0.3 is 0 Å². The molecular weight excluding hydrogens is 376 g/mol. The molecule has 146 valence electrons. The summed E-state index contributed by atoms with van der Waals surface area (Å²) in [5.74, 6) is 0.398. The minimum absolute atomic E-state index is 0.186. The summed E-state index contributed by atoms with van der Waals surface area (Å²) in [5, 5.41) is 4.28. The largest absolute Gasteiger partial charge is 0.492 e. The van der Waals surface area contributed by atoms with Gasteiger partial charge in [-0.05, 0) is 38.0 Å². The van der Waals surface area contributed by atoms with E-state index in [1.54, 1.807) is 24.3 Å². The number of fused-ring (bicyclic) bond motifs is 2. The molecule has 2 aromatic rings. The van der Waals surface area contributed by atoms with Crippen molar-refractivity contribution in [3.8, 4) is 5.75 Å². The lowest BCUT2D eigenvalue weighted by Crippen LogP contribution is -2.35. The Morgan fingerprint density at radius 2 is 1.86 bits per heavy atom. The fourth-order valence-corrected chi connectivity index (χ4v) is 4.22. The second-order valence-corrected chi connectivity index (χ2v) is 7.77. The number of rotatable bonds is 6. The van der Waals surface area contributed by atoms with Crippen LogP contribution in [0.1, 0.15) is 58.5 Å². The van der Waals surface area contributed by atoms with Crippen LogP contribution >= 0.6 is 11.6 Å². The van der Waals surface area contributed by atoms with Crippen LogP contribution in [0.2, 0.25) is 5.02 Å². The Kier molecular flexibility index (Phi) is 5.38. The molecular formula is C22H23ClN2O3. The molecule has 0 fully saturated rings. The third-order valence-electron chi connectivity index (χ3n) is 5.41. The number of ether oxygens (including phenoxy) is 1. The molecule has 2 aliphatic rings. The van der Waals surface area contributed by atoms with Crippen molar-refractivity contribution in [3.63, 3.8) is 0 Å². The zero-order chi connectivity index (χ0) is 19.7. The average molecular weight is 399 g/mol. The summed E-state index contributed by atoms with van der Waals surface area (Å²) < 4.78 is 5.72. The van der Waals surface area contributed by atoms with Gasteiger partial charge in [0.05, 0.1) is 22.8 Å². The highest BCUT2D eigenvalue weighted by atomic mass is 35.5. The quantitative estimate of drug-likeness (QED) is 0.740. The summed E-state index contributed by atoms with van der Waals surface area (Å²) in [6.45, 7) is 3.20. The Hall–Kier alpha value is -2.37. The van der Waals surface area contributed by atoms with E-state index in [-0.39, 0.29) is 23.9 Å². The van der Waals surface area contributed by atoms with Gasteiger partial charge in [0, 0.05) is 30.6 Å². The minimum atomic E-state index is -0.186. The van der Waals surface area contributed by atoms with E-state index >= 15 is 0 Å². The van der Waals surface area contributed by atoms with E-state index in [2.05, 4.69) is 12.2 Å². The van der Waals surface area contributed by atoms with Crippen LogP contribution in [0.15, 0.2) is 42.5 Å². The maximum Gasteiger partial charge on any atom is 0.261 e. The molecule has 0 aromatic heterocycles. The van der Waals surface area contributed by atoms with Crippen LogP contribution in [0.4, 0.5) is 0 Å². The third-order valence-corrected chi connectivity index (χ3v) is 5.71. The SMILES string of the molecule is C[C@H](CCCN1C(=O)c2ccccc2C1=O)N[C@H]1CCOc2c(Cl)cccc21. The number of benzene rings is 2. The minimum Gasteiger partial charge on any atom is -0.492 e. The molecule has 6 heteroatoms. The lowest BCUT2D eigenvalue weighted by atomic mass is 9.99. The Bertz CT molecular complexity index is 879. The third kappa shape index (κ3) is 3.52. The fraction of sp³-hybridized carbons (Fsp3) is 0.364. The summed E-state index contributed by atoms with van der Waals surface area (Å²) in [5.41, 5.74) is 2.11. The highest BCUT2D eigenvalue weighted by Gasteiger charge is 2.34. The van der Waals surface area contributed by atoms with Crippen molar-refractivity contribution in [2.45, 2.75) is 38.3 Å². The first-order chi connectivity index (χ1) is 13.6. The zero-order valence-electron chi connectivity index (χ0n) is 15.8. The number of para-hydroxylation sites is 1. The molecule has 2 aromatic carbocycles. The predicted molar refractivity (Wildman–Crippen MR) is 108 cm³/mol. The van der Waals surface area contributed by atoms with E-state index in [9.17, 15) is 9.59 Å². The first-order valence-corrected chi connectivity index (χ1v) is 10.1. The van der Waals surface area contributed by atoms with Gasteiger partial charge in [0.25, 0.3) is 11.8 Å². The summed E-state index contributed by atoms with van der Waals surface area (Å²) in [7, 11) is 0. The molecule has 2 heterocycles. The van der Waals surface area contributed by atoms with Crippen molar-refractivity contribution in [2.24, 2.45) is 0 Å². The predicted octanol–water partition coefficient (Wildman–Crippen LogP) is 4.22. The molecule has 5 nitrogen and oxygen atoms in total. The number of carbonyl (C=O) groups excluding carboxylic acids is 2. The number of imide groups is 1. The number of carbonyl (C=O) groups is 2. The second-order valence-electron chi connectivity index (χ2n) is 7.37. The van der Waals surface area contributed by atoms with E-state index in [1.807, 2.05) is 18.2 Å². The molecule has 2 atom stereocenters. The number of hydrogen-bond donors (Lipinski definition) is 1. The highest BCUT2D eigenvalue weighted by molar-refractivity contribution is 6.32. The number of hydrogen-bond acceptors (Lipinski definition) is 4. The molecule has 0 aliphatic carbocycles. The summed E-state index contributed by atoms with van der Waals surface area (Å²) in [4.78, 5) is 26.2. The second kappa shape index (κ2) is 7.94. The van der Waals surface area contributed by atoms with Crippen LogP contribution in [-0.2, 0) is 0 Å². The smallest absolute Gasteiger partial charge is 0.261 e. The van der Waals surface area contributed by atoms with E-state index < -0.39 is 0 Å². The van der Waals surface area contributed by atoms with Crippen LogP contribution in [0.3, 0.4) is 0 Å². The van der Waals surface area contributed by atoms with Crippen molar-refractivity contribution in [2.75, 3.05) is 13.2 Å². The van der Waals surface area contributed by atoms with E-state index in [0.29, 0.717) is 29.3 Å². The Balaban J connectivity index is 1.32. The van der Waals surface area contributed by atoms with Crippen molar-refractivity contribution in [3.05, 3.63) is 64.2 Å². The first-order valence-electron chi connectivity index (χ1n) is 9.68. The molecule has 28 heavy (non-hydrogen) atoms. The van der Waals surface area contributed by atoms with Gasteiger partial charge in [-0.1, -0.05) is 35.9 Å². The van der Waals surface area contributed by atoms with Gasteiger partial charge in [-0.3, -0.25) is 14.5 Å². The van der Waals surface area contributed by atoms with Gasteiger partial charge in [-0.25, -0.2) is 0 Å². The van der Waals surface area contributed by atoms with E-state index in [4.69, 9.17) is 16.3 Å². The topological polar surface area (TPSA) is 58.6 Å². The molecule has 4 rings (SSSR count). The van der Waals surface area contributed by atoms with Gasteiger partial charge in [-0.15, -0.1) is 0 Å². The lowest BCUT2D eigenvalue weighted by Gasteiger charge is -2.30. The fourth-order valence-electron chi connectivity index (χ4n) is 3.98. The van der Waals surface area contributed by atoms with Gasteiger partial charge in [0.1, 0.15) is 5.75 Å². The molecule has 0 bridgehead atoms. The van der Waals surface area contributed by atoms with Crippen molar-refractivity contribution in [1.29, 1.82) is 0 Å². The van der Waals surface area contributed by atoms with Gasteiger partial charge in [-0.2, -0.15) is 0 Å². The van der Waals surface area contributed by atoms with Crippen LogP contribution < -0.4 is 10.1 Å². The van der Waals surface area contributed by atoms with Gasteiger partial charge < -0.3 is 10.1 Å². The van der Waals surface area contributed by atoms with Gasteiger partial charge in [0.2, 0.25) is 0 Å². The van der Waals surface area contributed by atoms with Crippen LogP contribution in [0.25, 0.3) is 0 Å². The molecule has 0 radical (unpaired) electrons. The molecule has 0 saturated carbocycles. The van der Waals surface area contributed by atoms with Crippen molar-refractivity contribution in [1.82, 2.24) is 10.2 Å². The summed E-state index contributed by atoms with van der Waals surface area (Å²) in [6.07, 6.45) is 2.50. The van der Waals surface area contributed by atoms with Crippen LogP contribution in [0, 0.1) is 0 Å². The normalized spacial score (nSPS) is 19.2. The summed E-state index contributed by atoms with van der Waals surface area (Å²) in [6, 6.07) is 13.3. The molecule has 2 aliphatic heterocycles. The lowest BCUT2D eigenvalue weighted by molar-refractivity contribution is 0.0650. The molecule has 0 spiro atoms. The van der Waals surface area contributed by atoms with E-state index in [1.165, 1.54) is 4.90 Å². The maximum atomic E-state index is 12.4. The van der Waals surface area contributed by atoms with Gasteiger partial charge in [0.15, 0.2) is 0 Å². The molecule has 2 amide bonds. The Morgan fingerprint density at radius 1 is 1.14 bits per heavy atom. The van der Waals surface area contributed by atoms with Crippen LogP contribution in [-0.4, -0.2) is 35.9 Å². The molecule has 1 N–H and O–H groups in total. The maximum absolute atomic E-state index is 12.4. The van der Waals surface area contributed by atoms with Crippen molar-refractivity contribution >= 4 is 23.4 Å². The zero-order valence-corrected chi connectivity index (χ0v) is 16.5. The molecule has 0 unspecified atom stereocenters. The van der Waals surface area contributed by atoms with E-state index in [0.717, 1.165) is 30.6 Å². The van der Waals surface area contributed by atoms with Crippen molar-refractivity contribution < 1.29 is 14.3 Å². The Morgan fingerprint density at radius 3 is 2.57 bits per heavy atom. The number of halogens is 1. The Labute approximate surface area is 169 Å². The number of amides is 2. The monoisotopic (exact) mass is 398 g/mol. The highest BCUT2D eigenvalue weighted by Crippen LogP contribution is 2.37. The first kappa shape index (κ1) is 19.0.